The molecular weight excluding hydrogens is 353 g/mol. The molecule has 0 saturated heterocycles. The summed E-state index contributed by atoms with van der Waals surface area (Å²) >= 11 is 0. The zero-order valence-corrected chi connectivity index (χ0v) is 13.0. The van der Waals surface area contributed by atoms with Gasteiger partial charge < -0.3 is 5.48 Å². The Morgan fingerprint density at radius 3 is 0.529 bits per heavy atom. The summed E-state index contributed by atoms with van der Waals surface area (Å²) in [6.07, 6.45) is 0. The maximum Gasteiger partial charge on any atom is 1.00 e. The SMILES string of the molecule is O.[K+].[O-][Cl+3]([O-])([O-])O.[O-][Cl+3]([O-])([O-])O.[O-][Cl+3]([O-])([O-])[O-]. The first-order chi connectivity index (χ1) is 6.00. The second-order valence-corrected chi connectivity index (χ2v) is 3.51. The quantitative estimate of drug-likeness (QED) is 0.381. The Balaban J connectivity index is -0.0000000400. The van der Waals surface area contributed by atoms with Crippen molar-refractivity contribution in [1.82, 2.24) is 0 Å². The van der Waals surface area contributed by atoms with Crippen molar-refractivity contribution in [2.45, 2.75) is 0 Å². The van der Waals surface area contributed by atoms with Crippen molar-refractivity contribution in [3.05, 3.63) is 0 Å². The molecule has 0 aliphatic heterocycles. The van der Waals surface area contributed by atoms with Crippen LogP contribution in [0.5, 0.6) is 0 Å². The van der Waals surface area contributed by atoms with Gasteiger partial charge in [0.25, 0.3) is 0 Å². The van der Waals surface area contributed by atoms with Gasteiger partial charge in [-0.15, -0.1) is 10.2 Å². The van der Waals surface area contributed by atoms with E-state index in [1.54, 1.807) is 0 Å². The predicted octanol–water partition coefficient (Wildman–Crippen LogP) is -16.8. The minimum absolute atomic E-state index is 0. The van der Waals surface area contributed by atoms with Crippen molar-refractivity contribution in [1.29, 1.82) is 0 Å². The molecule has 0 aromatic heterocycles. The average Bonchev–Trinajstić information content (AvgIpc) is 1.41. The van der Waals surface area contributed by atoms with E-state index < -0.39 is 30.7 Å². The molecule has 104 valence electrons. The van der Waals surface area contributed by atoms with Crippen LogP contribution in [0, 0.1) is 30.7 Å². The fourth-order valence-corrected chi connectivity index (χ4v) is 0. The molecule has 0 bridgehead atoms. The monoisotopic (exact) mass is 356 g/mol. The van der Waals surface area contributed by atoms with Crippen molar-refractivity contribution < 1.29 is 143 Å². The van der Waals surface area contributed by atoms with Crippen LogP contribution in [-0.2, 0) is 0 Å². The summed E-state index contributed by atoms with van der Waals surface area (Å²) in [5.74, 6) is 0. The Hall–Kier alpha value is 1.99. The summed E-state index contributed by atoms with van der Waals surface area (Å²) in [5.41, 5.74) is 0. The molecule has 0 rings (SSSR count). The molecule has 0 radical (unpaired) electrons. The number of hydrogen-bond acceptors (Lipinski definition) is 12. The van der Waals surface area contributed by atoms with E-state index in [9.17, 15) is 0 Å². The predicted molar refractivity (Wildman–Crippen MR) is 8.05 cm³/mol. The Kier molecular flexibility index (Phi) is 24.0. The zero-order chi connectivity index (χ0) is 13.5. The zero-order valence-electron chi connectivity index (χ0n) is 7.61. The van der Waals surface area contributed by atoms with Gasteiger partial charge in [-0.2, -0.15) is 28.0 Å². The maximum atomic E-state index is 8.60. The van der Waals surface area contributed by atoms with Crippen LogP contribution < -0.4 is 98.0 Å². The smallest absolute Gasteiger partial charge is 0.412 e. The molecule has 4 N–H and O–H groups in total. The molecule has 17 heteroatoms. The molecule has 0 spiro atoms. The molecule has 17 heavy (non-hydrogen) atoms. The van der Waals surface area contributed by atoms with Gasteiger partial charge in [0.05, 0.1) is 29.8 Å². The first kappa shape index (κ1) is 31.4. The van der Waals surface area contributed by atoms with Crippen molar-refractivity contribution >= 4 is 0 Å². The van der Waals surface area contributed by atoms with Crippen LogP contribution in [0.15, 0.2) is 0 Å². The molecule has 0 unspecified atom stereocenters. The van der Waals surface area contributed by atoms with Gasteiger partial charge in [0, 0.05) is 0 Å². The summed E-state index contributed by atoms with van der Waals surface area (Å²) in [7, 11) is -14.3. The topological polar surface area (TPSA) is 303 Å². The largest absolute Gasteiger partial charge is 1.00 e. The number of hydrogen-bond donors (Lipinski definition) is 2. The van der Waals surface area contributed by atoms with Gasteiger partial charge in [-0.25, -0.2) is 18.6 Å². The second kappa shape index (κ2) is 13.0. The third-order valence-corrected chi connectivity index (χ3v) is 0. The van der Waals surface area contributed by atoms with E-state index in [1.807, 2.05) is 0 Å². The third kappa shape index (κ3) is 1160. The Morgan fingerprint density at radius 2 is 0.529 bits per heavy atom. The van der Waals surface area contributed by atoms with Gasteiger partial charge >= 0.3 is 51.4 Å². The average molecular weight is 357 g/mol. The molecule has 0 aromatic rings. The second-order valence-electron chi connectivity index (χ2n) is 1.17. The van der Waals surface area contributed by atoms with Gasteiger partial charge in [-0.3, -0.25) is 0 Å². The Labute approximate surface area is 142 Å². The van der Waals surface area contributed by atoms with Crippen molar-refractivity contribution in [2.75, 3.05) is 0 Å². The fourth-order valence-electron chi connectivity index (χ4n) is 0. The molecule has 0 aliphatic carbocycles. The van der Waals surface area contributed by atoms with Gasteiger partial charge in [0.2, 0.25) is 0 Å². The summed E-state index contributed by atoms with van der Waals surface area (Å²) in [6.45, 7) is 0. The summed E-state index contributed by atoms with van der Waals surface area (Å²) in [5, 5.41) is 0. The standard InChI is InChI=1S/3ClHO4.K.H2O/c3*2-1(3,4)5;;/h3*(H,2,3,4,5);;1H2/q;;;+1;/p-1. The van der Waals surface area contributed by atoms with E-state index in [1.165, 1.54) is 0 Å². The van der Waals surface area contributed by atoms with Crippen LogP contribution in [-0.4, -0.2) is 14.8 Å². The maximum absolute atomic E-state index is 8.60. The summed E-state index contributed by atoms with van der Waals surface area (Å²) in [6, 6.07) is 0. The summed E-state index contributed by atoms with van der Waals surface area (Å²) in [4.78, 5) is 0. The van der Waals surface area contributed by atoms with Crippen molar-refractivity contribution in [3.63, 3.8) is 0 Å². The van der Waals surface area contributed by atoms with Gasteiger partial charge in [0.15, 0.2) is 0 Å². The minimum atomic E-state index is -4.94. The minimum Gasteiger partial charge on any atom is -0.412 e. The molecule has 0 saturated carbocycles. The van der Waals surface area contributed by atoms with E-state index in [4.69, 9.17) is 55.9 Å². The normalized spacial score (nSPS) is 10.6. The molecule has 0 aliphatic rings. The number of halogens is 3. The van der Waals surface area contributed by atoms with Crippen molar-refractivity contribution in [2.24, 2.45) is 0 Å². The Morgan fingerprint density at radius 1 is 0.529 bits per heavy atom. The molecule has 13 nitrogen and oxygen atoms in total. The van der Waals surface area contributed by atoms with Crippen LogP contribution in [0.2, 0.25) is 0 Å². The molecule has 0 fully saturated rings. The van der Waals surface area contributed by atoms with E-state index >= 15 is 0 Å². The van der Waals surface area contributed by atoms with Crippen molar-refractivity contribution in [3.8, 4) is 0 Å². The number of rotatable bonds is 0. The van der Waals surface area contributed by atoms with E-state index in [0.717, 1.165) is 0 Å². The van der Waals surface area contributed by atoms with Crippen LogP contribution >= 0.6 is 0 Å². The molecule has 0 aromatic carbocycles. The van der Waals surface area contributed by atoms with Crippen LogP contribution in [0.25, 0.3) is 0 Å². The summed E-state index contributed by atoms with van der Waals surface area (Å²) < 4.78 is 99.4. The molecule has 0 amide bonds. The third-order valence-electron chi connectivity index (χ3n) is 0. The first-order valence-corrected chi connectivity index (χ1v) is 5.64. The fraction of sp³-hybridized carbons (Fsp3) is 0. The van der Waals surface area contributed by atoms with Crippen LogP contribution in [0.4, 0.5) is 0 Å². The van der Waals surface area contributed by atoms with Gasteiger partial charge in [-0.05, 0) is 0 Å². The molecule has 0 heterocycles. The van der Waals surface area contributed by atoms with Gasteiger partial charge in [0.1, 0.15) is 0 Å². The molecular formula is H4Cl3KO13. The van der Waals surface area contributed by atoms with E-state index in [0.29, 0.717) is 0 Å². The van der Waals surface area contributed by atoms with E-state index in [-0.39, 0.29) is 56.9 Å². The van der Waals surface area contributed by atoms with E-state index in [2.05, 4.69) is 0 Å². The van der Waals surface area contributed by atoms with Crippen LogP contribution in [0.3, 0.4) is 0 Å². The molecule has 0 atom stereocenters. The van der Waals surface area contributed by atoms with Gasteiger partial charge in [-0.1, -0.05) is 0 Å². The van der Waals surface area contributed by atoms with Crippen LogP contribution in [0.1, 0.15) is 0 Å². The first-order valence-electron chi connectivity index (χ1n) is 1.88. The Bertz CT molecular complexity index is 91.7.